The predicted molar refractivity (Wildman–Crippen MR) is 40.7 cm³/mol. The van der Waals surface area contributed by atoms with E-state index < -0.39 is 8.25 Å². The second-order valence-corrected chi connectivity index (χ2v) is 2.84. The Labute approximate surface area is 65.8 Å². The summed E-state index contributed by atoms with van der Waals surface area (Å²) in [6.45, 7) is 0. The molecule has 1 N–H and O–H groups in total. The van der Waals surface area contributed by atoms with Gasteiger partial charge in [0, 0.05) is 6.20 Å². The van der Waals surface area contributed by atoms with Crippen LogP contribution in [0.25, 0.3) is 0 Å². The molecule has 0 aromatic heterocycles. The Morgan fingerprint density at radius 1 is 1.73 bits per heavy atom. The summed E-state index contributed by atoms with van der Waals surface area (Å²) in [5, 5.41) is 2.78. The average molecular weight is 174 g/mol. The zero-order chi connectivity index (χ0) is 8.10. The van der Waals surface area contributed by atoms with Crippen LogP contribution in [-0.4, -0.2) is 7.11 Å². The van der Waals surface area contributed by atoms with Gasteiger partial charge in [-0.05, 0) is 12.5 Å². The molecule has 11 heavy (non-hydrogen) atoms. The summed E-state index contributed by atoms with van der Waals surface area (Å²) in [5.74, 6) is 0.482. The third kappa shape index (κ3) is 2.70. The van der Waals surface area contributed by atoms with Crippen LogP contribution < -0.4 is 5.32 Å². The highest BCUT2D eigenvalue weighted by Crippen LogP contribution is 2.25. The fourth-order valence-electron chi connectivity index (χ4n) is 0.624. The third-order valence-corrected chi connectivity index (χ3v) is 1.75. The van der Waals surface area contributed by atoms with E-state index in [-0.39, 0.29) is 0 Å². The summed E-state index contributed by atoms with van der Waals surface area (Å²) in [6.07, 6.45) is 6.22. The molecule has 0 saturated carbocycles. The third-order valence-electron chi connectivity index (χ3n) is 1.10. The topological polar surface area (TPSA) is 47.6 Å². The summed E-state index contributed by atoms with van der Waals surface area (Å²) >= 11 is 0. The van der Waals surface area contributed by atoms with Gasteiger partial charge in [-0.3, -0.25) is 4.52 Å². The zero-order valence-electron chi connectivity index (χ0n) is 6.11. The van der Waals surface area contributed by atoms with Gasteiger partial charge in [0.25, 0.3) is 0 Å². The predicted octanol–water partition coefficient (Wildman–Crippen LogP) is 1.66. The number of rotatable bonds is 3. The van der Waals surface area contributed by atoms with Gasteiger partial charge in [0.2, 0.25) is 5.88 Å². The standard InChI is InChI=1S/C6H9NO3P/c1-9-11(8)10-6-4-2-3-5-7-6/h3-5,7H,2H2,1H3. The number of nitrogens with one attached hydrogen (secondary N) is 1. The highest BCUT2D eigenvalue weighted by Gasteiger charge is 2.04. The van der Waals surface area contributed by atoms with Crippen LogP contribution in [0, 0.1) is 0 Å². The molecule has 0 bridgehead atoms. The van der Waals surface area contributed by atoms with Gasteiger partial charge in [-0.25, -0.2) is 4.57 Å². The number of dihydropyridines is 1. The van der Waals surface area contributed by atoms with Crippen LogP contribution in [0.15, 0.2) is 24.2 Å². The van der Waals surface area contributed by atoms with Crippen LogP contribution >= 0.6 is 8.25 Å². The van der Waals surface area contributed by atoms with Gasteiger partial charge in [0.1, 0.15) is 0 Å². The van der Waals surface area contributed by atoms with E-state index in [1.807, 2.05) is 6.08 Å². The Kier molecular flexibility index (Phi) is 3.08. The smallest absolute Gasteiger partial charge is 0.380 e. The van der Waals surface area contributed by atoms with Gasteiger partial charge in [0.05, 0.1) is 7.11 Å². The molecule has 0 fully saturated rings. The van der Waals surface area contributed by atoms with Crippen LogP contribution in [0.4, 0.5) is 0 Å². The first kappa shape index (κ1) is 8.24. The van der Waals surface area contributed by atoms with Gasteiger partial charge >= 0.3 is 8.25 Å². The maximum absolute atomic E-state index is 10.7. The zero-order valence-corrected chi connectivity index (χ0v) is 7.01. The molecule has 1 unspecified atom stereocenters. The molecule has 0 aromatic carbocycles. The van der Waals surface area contributed by atoms with Crippen LogP contribution in [0.2, 0.25) is 0 Å². The Morgan fingerprint density at radius 2 is 2.55 bits per heavy atom. The Morgan fingerprint density at radius 3 is 3.09 bits per heavy atom. The second kappa shape index (κ2) is 4.11. The quantitative estimate of drug-likeness (QED) is 0.661. The van der Waals surface area contributed by atoms with Crippen LogP contribution in [0.5, 0.6) is 0 Å². The van der Waals surface area contributed by atoms with Crippen molar-refractivity contribution in [1.82, 2.24) is 5.32 Å². The van der Waals surface area contributed by atoms with Crippen LogP contribution in [0.1, 0.15) is 6.42 Å². The molecule has 1 atom stereocenters. The van der Waals surface area contributed by atoms with Crippen LogP contribution in [-0.2, 0) is 13.6 Å². The van der Waals surface area contributed by atoms with Crippen molar-refractivity contribution in [2.75, 3.05) is 7.11 Å². The van der Waals surface area contributed by atoms with E-state index in [0.29, 0.717) is 5.88 Å². The van der Waals surface area contributed by atoms with E-state index in [9.17, 15) is 4.57 Å². The molecular weight excluding hydrogens is 165 g/mol. The molecule has 1 radical (unpaired) electrons. The highest BCUT2D eigenvalue weighted by atomic mass is 31.1. The Bertz CT molecular complexity index is 212. The van der Waals surface area contributed by atoms with Crippen molar-refractivity contribution >= 4 is 8.25 Å². The minimum Gasteiger partial charge on any atom is -0.380 e. The molecule has 5 heteroatoms. The van der Waals surface area contributed by atoms with E-state index in [1.165, 1.54) is 7.11 Å². The van der Waals surface area contributed by atoms with Gasteiger partial charge in [-0.2, -0.15) is 0 Å². The maximum atomic E-state index is 10.7. The molecule has 0 aromatic rings. The van der Waals surface area contributed by atoms with E-state index in [0.717, 1.165) is 6.42 Å². The van der Waals surface area contributed by atoms with Gasteiger partial charge in [-0.1, -0.05) is 6.08 Å². The summed E-state index contributed by atoms with van der Waals surface area (Å²) in [4.78, 5) is 0. The minimum atomic E-state index is -2.02. The molecule has 4 nitrogen and oxygen atoms in total. The van der Waals surface area contributed by atoms with E-state index in [4.69, 9.17) is 4.52 Å². The highest BCUT2D eigenvalue weighted by molar-refractivity contribution is 7.33. The lowest BCUT2D eigenvalue weighted by Gasteiger charge is -2.08. The number of allylic oxidation sites excluding steroid dienone is 2. The monoisotopic (exact) mass is 174 g/mol. The molecule has 61 valence electrons. The van der Waals surface area contributed by atoms with Crippen molar-refractivity contribution in [2.24, 2.45) is 0 Å². The van der Waals surface area contributed by atoms with Crippen LogP contribution in [0.3, 0.4) is 0 Å². The molecule has 0 aliphatic carbocycles. The molecular formula is C6H9NO3P. The molecule has 1 aliphatic heterocycles. The van der Waals surface area contributed by atoms with E-state index in [2.05, 4.69) is 9.84 Å². The van der Waals surface area contributed by atoms with Crippen molar-refractivity contribution in [3.8, 4) is 0 Å². The van der Waals surface area contributed by atoms with Crippen molar-refractivity contribution in [3.05, 3.63) is 24.2 Å². The SMILES string of the molecule is CO[P](=O)OC1=CCC=CN1. The lowest BCUT2D eigenvalue weighted by Crippen LogP contribution is -2.08. The van der Waals surface area contributed by atoms with E-state index in [1.54, 1.807) is 12.3 Å². The van der Waals surface area contributed by atoms with Gasteiger partial charge in [-0.15, -0.1) is 0 Å². The fraction of sp³-hybridized carbons (Fsp3) is 0.333. The summed E-state index contributed by atoms with van der Waals surface area (Å²) in [7, 11) is -0.685. The summed E-state index contributed by atoms with van der Waals surface area (Å²) in [6, 6.07) is 0. The lowest BCUT2D eigenvalue weighted by molar-refractivity contribution is 0.297. The maximum Gasteiger partial charge on any atom is 0.430 e. The van der Waals surface area contributed by atoms with Gasteiger partial charge in [0.15, 0.2) is 0 Å². The summed E-state index contributed by atoms with van der Waals surface area (Å²) < 4.78 is 19.9. The van der Waals surface area contributed by atoms with Crippen molar-refractivity contribution in [2.45, 2.75) is 6.42 Å². The Hall–Kier alpha value is -0.860. The first-order chi connectivity index (χ1) is 5.33. The molecule has 1 heterocycles. The molecule has 0 amide bonds. The largest absolute Gasteiger partial charge is 0.430 e. The Balaban J connectivity index is 2.37. The summed E-state index contributed by atoms with van der Waals surface area (Å²) in [5.41, 5.74) is 0. The molecule has 0 saturated heterocycles. The van der Waals surface area contributed by atoms with Crippen molar-refractivity contribution in [3.63, 3.8) is 0 Å². The number of hydrogen-bond donors (Lipinski definition) is 1. The van der Waals surface area contributed by atoms with Gasteiger partial charge < -0.3 is 9.84 Å². The van der Waals surface area contributed by atoms with E-state index >= 15 is 0 Å². The number of hydrogen-bond acceptors (Lipinski definition) is 4. The first-order valence-electron chi connectivity index (χ1n) is 3.14. The molecule has 0 spiro atoms. The van der Waals surface area contributed by atoms with Crippen molar-refractivity contribution < 1.29 is 13.6 Å². The normalized spacial score (nSPS) is 16.8. The second-order valence-electron chi connectivity index (χ2n) is 1.85. The molecule has 1 rings (SSSR count). The minimum absolute atomic E-state index is 0.482. The molecule has 1 aliphatic rings. The average Bonchev–Trinajstić information content (AvgIpc) is 2.06. The lowest BCUT2D eigenvalue weighted by atomic mass is 10.3. The van der Waals surface area contributed by atoms with Crippen molar-refractivity contribution in [1.29, 1.82) is 0 Å². The fourth-order valence-corrected chi connectivity index (χ4v) is 0.987. The first-order valence-corrected chi connectivity index (χ1v) is 4.23.